The van der Waals surface area contributed by atoms with Crippen molar-refractivity contribution in [2.24, 2.45) is 0 Å². The quantitative estimate of drug-likeness (QED) is 0.449. The maximum Gasteiger partial charge on any atom is 0.342 e. The van der Waals surface area contributed by atoms with Gasteiger partial charge in [-0.1, -0.05) is 6.08 Å². The average Bonchev–Trinajstić information content (AvgIpc) is 2.61. The van der Waals surface area contributed by atoms with Gasteiger partial charge in [0.15, 0.2) is 5.60 Å². The highest BCUT2D eigenvalue weighted by Crippen LogP contribution is 2.43. The van der Waals surface area contributed by atoms with Gasteiger partial charge in [0, 0.05) is 12.0 Å². The molecule has 2 heterocycles. The lowest BCUT2D eigenvalue weighted by Crippen LogP contribution is -2.52. The Kier molecular flexibility index (Phi) is 1.91. The summed E-state index contributed by atoms with van der Waals surface area (Å²) in [5, 5.41) is 9.97. The Morgan fingerprint density at radius 1 is 1.47 bits per heavy atom. The number of carbonyl (C=O) groups excluding carboxylic acids is 2. The van der Waals surface area contributed by atoms with Crippen LogP contribution in [0.5, 0.6) is 0 Å². The lowest BCUT2D eigenvalue weighted by molar-refractivity contribution is -0.170. The first-order chi connectivity index (χ1) is 6.93. The first-order valence-electron chi connectivity index (χ1n) is 4.71. The van der Waals surface area contributed by atoms with Gasteiger partial charge in [-0.3, -0.25) is 0 Å². The van der Waals surface area contributed by atoms with Crippen LogP contribution in [0.25, 0.3) is 0 Å². The average molecular weight is 212 g/mol. The molecule has 1 N–H and O–H groups in total. The maximum absolute atomic E-state index is 11.4. The highest BCUT2D eigenvalue weighted by atomic mass is 16.6. The van der Waals surface area contributed by atoms with Crippen molar-refractivity contribution in [2.75, 3.05) is 6.61 Å². The molecule has 1 spiro atoms. The van der Waals surface area contributed by atoms with Crippen LogP contribution in [0.1, 0.15) is 20.3 Å². The number of hydrogen-bond acceptors (Lipinski definition) is 5. The third-order valence-electron chi connectivity index (χ3n) is 3.10. The van der Waals surface area contributed by atoms with E-state index in [2.05, 4.69) is 0 Å². The summed E-state index contributed by atoms with van der Waals surface area (Å²) in [5.74, 6) is -1.23. The van der Waals surface area contributed by atoms with Crippen LogP contribution >= 0.6 is 0 Å². The minimum Gasteiger partial charge on any atom is -0.459 e. The van der Waals surface area contributed by atoms with Crippen molar-refractivity contribution in [1.82, 2.24) is 0 Å². The number of cyclic esters (lactones) is 1. The van der Waals surface area contributed by atoms with E-state index < -0.39 is 23.1 Å². The van der Waals surface area contributed by atoms with E-state index in [0.717, 1.165) is 0 Å². The lowest BCUT2D eigenvalue weighted by Gasteiger charge is -2.28. The molecule has 0 radical (unpaired) electrons. The fourth-order valence-corrected chi connectivity index (χ4v) is 1.88. The van der Waals surface area contributed by atoms with Crippen molar-refractivity contribution in [3.05, 3.63) is 11.6 Å². The smallest absolute Gasteiger partial charge is 0.342 e. The van der Waals surface area contributed by atoms with Crippen molar-refractivity contribution in [3.8, 4) is 0 Å². The second-order valence-electron chi connectivity index (χ2n) is 4.02. The van der Waals surface area contributed by atoms with Crippen LogP contribution in [-0.4, -0.2) is 34.9 Å². The summed E-state index contributed by atoms with van der Waals surface area (Å²) in [5.41, 5.74) is -2.52. The third kappa shape index (κ3) is 1.13. The molecule has 0 aromatic heterocycles. The normalized spacial score (nSPS) is 42.5. The monoisotopic (exact) mass is 212 g/mol. The van der Waals surface area contributed by atoms with Gasteiger partial charge in [0.05, 0.1) is 0 Å². The molecule has 2 aliphatic rings. The largest absolute Gasteiger partial charge is 0.459 e. The Hall–Kier alpha value is -1.36. The number of esters is 2. The Bertz CT molecular complexity index is 368. The Labute approximate surface area is 86.7 Å². The van der Waals surface area contributed by atoms with Gasteiger partial charge in [-0.2, -0.15) is 0 Å². The topological polar surface area (TPSA) is 72.8 Å². The van der Waals surface area contributed by atoms with Crippen LogP contribution in [0.4, 0.5) is 0 Å². The van der Waals surface area contributed by atoms with Crippen LogP contribution in [0.3, 0.4) is 0 Å². The molecule has 82 valence electrons. The highest BCUT2D eigenvalue weighted by Gasteiger charge is 2.65. The van der Waals surface area contributed by atoms with E-state index in [9.17, 15) is 14.7 Å². The molecule has 0 aromatic carbocycles. The Balaban J connectivity index is 2.39. The van der Waals surface area contributed by atoms with Gasteiger partial charge >= 0.3 is 11.9 Å². The molecule has 2 atom stereocenters. The highest BCUT2D eigenvalue weighted by molar-refractivity contribution is 5.94. The minimum absolute atomic E-state index is 0.0814. The standard InChI is InChI=1S/C10H12O5/c1-3-6-4-10(15-7(6)11)5-14-8(12)9(10,2)13/h3,13H,4-5H2,1-2H3/b6-3-/t9-,10-/m0/s1. The predicted molar refractivity (Wildman–Crippen MR) is 48.8 cm³/mol. The van der Waals surface area contributed by atoms with E-state index >= 15 is 0 Å². The zero-order valence-electron chi connectivity index (χ0n) is 8.57. The number of carbonyl (C=O) groups is 2. The zero-order chi connectivity index (χ0) is 11.3. The van der Waals surface area contributed by atoms with E-state index in [1.54, 1.807) is 13.0 Å². The van der Waals surface area contributed by atoms with E-state index in [4.69, 9.17) is 9.47 Å². The molecule has 0 aliphatic carbocycles. The molecular weight excluding hydrogens is 200 g/mol. The molecule has 0 saturated carbocycles. The molecule has 2 fully saturated rings. The van der Waals surface area contributed by atoms with Crippen LogP contribution in [0, 0.1) is 0 Å². The van der Waals surface area contributed by atoms with Gasteiger partial charge in [0.25, 0.3) is 0 Å². The molecule has 0 unspecified atom stereocenters. The molecule has 5 nitrogen and oxygen atoms in total. The molecule has 0 amide bonds. The number of ether oxygens (including phenoxy) is 2. The van der Waals surface area contributed by atoms with Crippen molar-refractivity contribution in [1.29, 1.82) is 0 Å². The SMILES string of the molecule is C/C=C1/C[C@@]2(COC(=O)[C@]2(C)O)OC1=O. The summed E-state index contributed by atoms with van der Waals surface area (Å²) in [6.45, 7) is 2.94. The fraction of sp³-hybridized carbons (Fsp3) is 0.600. The van der Waals surface area contributed by atoms with Gasteiger partial charge in [0.1, 0.15) is 6.61 Å². The van der Waals surface area contributed by atoms with Crippen molar-refractivity contribution in [3.63, 3.8) is 0 Å². The first-order valence-corrected chi connectivity index (χ1v) is 4.71. The molecule has 15 heavy (non-hydrogen) atoms. The van der Waals surface area contributed by atoms with E-state index in [1.807, 2.05) is 0 Å². The summed E-state index contributed by atoms with van der Waals surface area (Å²) >= 11 is 0. The summed E-state index contributed by atoms with van der Waals surface area (Å²) in [4.78, 5) is 22.7. The van der Waals surface area contributed by atoms with Crippen molar-refractivity contribution in [2.45, 2.75) is 31.5 Å². The van der Waals surface area contributed by atoms with Gasteiger partial charge in [-0.25, -0.2) is 9.59 Å². The second kappa shape index (κ2) is 2.82. The van der Waals surface area contributed by atoms with Crippen molar-refractivity contribution >= 4 is 11.9 Å². The van der Waals surface area contributed by atoms with Gasteiger partial charge in [-0.15, -0.1) is 0 Å². The Morgan fingerprint density at radius 2 is 2.13 bits per heavy atom. The molecule has 5 heteroatoms. The molecule has 2 aliphatic heterocycles. The van der Waals surface area contributed by atoms with E-state index in [1.165, 1.54) is 6.92 Å². The molecule has 2 saturated heterocycles. The second-order valence-corrected chi connectivity index (χ2v) is 4.02. The van der Waals surface area contributed by atoms with E-state index in [0.29, 0.717) is 5.57 Å². The molecule has 2 rings (SSSR count). The summed E-state index contributed by atoms with van der Waals surface area (Å²) in [7, 11) is 0. The zero-order valence-corrected chi connectivity index (χ0v) is 8.57. The third-order valence-corrected chi connectivity index (χ3v) is 3.10. The maximum atomic E-state index is 11.4. The van der Waals surface area contributed by atoms with E-state index in [-0.39, 0.29) is 13.0 Å². The summed E-state index contributed by atoms with van der Waals surface area (Å²) in [6, 6.07) is 0. The van der Waals surface area contributed by atoms with Crippen molar-refractivity contribution < 1.29 is 24.2 Å². The number of hydrogen-bond donors (Lipinski definition) is 1. The number of rotatable bonds is 0. The molecule has 0 bridgehead atoms. The van der Waals surface area contributed by atoms with Gasteiger partial charge in [0.2, 0.25) is 5.60 Å². The summed E-state index contributed by atoms with van der Waals surface area (Å²) < 4.78 is 9.85. The molecular formula is C10H12O5. The van der Waals surface area contributed by atoms with Gasteiger partial charge in [-0.05, 0) is 13.8 Å². The first kappa shape index (κ1) is 10.2. The predicted octanol–water partition coefficient (Wildman–Crippen LogP) is -0.0738. The number of allylic oxidation sites excluding steroid dienone is 1. The van der Waals surface area contributed by atoms with Crippen LogP contribution < -0.4 is 0 Å². The minimum atomic E-state index is -1.76. The van der Waals surface area contributed by atoms with Gasteiger partial charge < -0.3 is 14.6 Å². The van der Waals surface area contributed by atoms with Crippen LogP contribution in [-0.2, 0) is 19.1 Å². The summed E-state index contributed by atoms with van der Waals surface area (Å²) in [6.07, 6.45) is 1.83. The Morgan fingerprint density at radius 3 is 2.53 bits per heavy atom. The lowest BCUT2D eigenvalue weighted by atomic mass is 9.84. The number of aliphatic hydroxyl groups is 1. The molecule has 0 aromatic rings. The van der Waals surface area contributed by atoms with Crippen LogP contribution in [0.15, 0.2) is 11.6 Å². The fourth-order valence-electron chi connectivity index (χ4n) is 1.88. The van der Waals surface area contributed by atoms with Crippen LogP contribution in [0.2, 0.25) is 0 Å².